The summed E-state index contributed by atoms with van der Waals surface area (Å²) in [7, 11) is 0. The molecule has 1 saturated heterocycles. The van der Waals surface area contributed by atoms with Crippen molar-refractivity contribution in [2.45, 2.75) is 30.1 Å². The second kappa shape index (κ2) is 5.17. The maximum atomic E-state index is 4.04. The Hall–Kier alpha value is -1.42. The lowest BCUT2D eigenvalue weighted by Gasteiger charge is -2.32. The number of piperidine rings is 1. The molecule has 4 heteroatoms. The van der Waals surface area contributed by atoms with Crippen LogP contribution in [0.3, 0.4) is 0 Å². The number of nitrogens with one attached hydrogen (secondary N) is 1. The fourth-order valence-corrected chi connectivity index (χ4v) is 4.39. The average molecular weight is 285 g/mol. The smallest absolute Gasteiger partial charge is 0.123 e. The second-order valence-corrected chi connectivity index (χ2v) is 6.81. The van der Waals surface area contributed by atoms with Crippen molar-refractivity contribution >= 4 is 17.6 Å². The first-order valence-electron chi connectivity index (χ1n) is 7.40. The van der Waals surface area contributed by atoms with Gasteiger partial charge in [-0.2, -0.15) is 5.10 Å². The van der Waals surface area contributed by atoms with Crippen LogP contribution >= 0.6 is 11.8 Å². The molecule has 0 amide bonds. The monoisotopic (exact) mass is 285 g/mol. The molecule has 0 aliphatic carbocycles. The number of hydrogen-bond donors (Lipinski definition) is 1. The van der Waals surface area contributed by atoms with E-state index in [0.29, 0.717) is 0 Å². The van der Waals surface area contributed by atoms with Gasteiger partial charge in [-0.25, -0.2) is 0 Å². The van der Waals surface area contributed by atoms with Gasteiger partial charge in [0, 0.05) is 29.8 Å². The van der Waals surface area contributed by atoms with Gasteiger partial charge in [0.1, 0.15) is 5.82 Å². The van der Waals surface area contributed by atoms with Crippen molar-refractivity contribution in [1.82, 2.24) is 10.2 Å². The predicted molar refractivity (Wildman–Crippen MR) is 83.6 cm³/mol. The molecule has 2 aromatic rings. The van der Waals surface area contributed by atoms with Gasteiger partial charge in [0.05, 0.1) is 6.20 Å². The maximum absolute atomic E-state index is 4.04. The van der Waals surface area contributed by atoms with Crippen LogP contribution in [-0.2, 0) is 6.42 Å². The average Bonchev–Trinajstić information content (AvgIpc) is 3.18. The van der Waals surface area contributed by atoms with Crippen LogP contribution in [0, 0.1) is 0 Å². The zero-order chi connectivity index (χ0) is 13.4. The Morgan fingerprint density at radius 2 is 2.10 bits per heavy atom. The molecule has 0 spiro atoms. The van der Waals surface area contributed by atoms with Gasteiger partial charge in [0.25, 0.3) is 0 Å². The highest BCUT2D eigenvalue weighted by Gasteiger charge is 2.22. The Balaban J connectivity index is 1.46. The van der Waals surface area contributed by atoms with Crippen LogP contribution < -0.4 is 4.90 Å². The SMILES string of the molecule is c1cc(N2CCC(c3ccc4c(c3)CCS4)CC2)[nH]n1. The molecule has 3 nitrogen and oxygen atoms in total. The Bertz CT molecular complexity index is 586. The Labute approximate surface area is 123 Å². The Morgan fingerprint density at radius 3 is 2.90 bits per heavy atom. The first kappa shape index (κ1) is 12.3. The minimum Gasteiger partial charge on any atom is -0.357 e. The van der Waals surface area contributed by atoms with E-state index in [1.165, 1.54) is 29.9 Å². The normalized spacial score (nSPS) is 19.3. The zero-order valence-corrected chi connectivity index (χ0v) is 12.3. The summed E-state index contributed by atoms with van der Waals surface area (Å²) in [6.07, 6.45) is 5.57. The van der Waals surface area contributed by atoms with Crippen molar-refractivity contribution in [2.24, 2.45) is 0 Å². The van der Waals surface area contributed by atoms with Crippen molar-refractivity contribution < 1.29 is 0 Å². The van der Waals surface area contributed by atoms with E-state index in [2.05, 4.69) is 39.4 Å². The molecule has 20 heavy (non-hydrogen) atoms. The molecule has 2 aliphatic heterocycles. The van der Waals surface area contributed by atoms with Crippen molar-refractivity contribution in [2.75, 3.05) is 23.7 Å². The van der Waals surface area contributed by atoms with Gasteiger partial charge in [-0.05, 0) is 42.4 Å². The highest BCUT2D eigenvalue weighted by Crippen LogP contribution is 2.36. The summed E-state index contributed by atoms with van der Waals surface area (Å²) in [4.78, 5) is 3.91. The largest absolute Gasteiger partial charge is 0.357 e. The third-order valence-electron chi connectivity index (χ3n) is 4.51. The van der Waals surface area contributed by atoms with Crippen LogP contribution in [-0.4, -0.2) is 29.0 Å². The summed E-state index contributed by atoms with van der Waals surface area (Å²) in [5.74, 6) is 3.15. The lowest BCUT2D eigenvalue weighted by molar-refractivity contribution is 0.502. The van der Waals surface area contributed by atoms with E-state index in [0.717, 1.165) is 24.8 Å². The number of hydrogen-bond acceptors (Lipinski definition) is 3. The standard InChI is InChI=1S/C16H19N3S/c1-2-15-14(6-10-20-15)11-13(1)12-4-8-19(9-5-12)16-3-7-17-18-16/h1-3,7,11-12H,4-6,8-10H2,(H,17,18). The van der Waals surface area contributed by atoms with Gasteiger partial charge in [-0.15, -0.1) is 11.8 Å². The van der Waals surface area contributed by atoms with Crippen LogP contribution in [0.5, 0.6) is 0 Å². The van der Waals surface area contributed by atoms with Crippen LogP contribution in [0.1, 0.15) is 29.9 Å². The summed E-state index contributed by atoms with van der Waals surface area (Å²) in [5.41, 5.74) is 3.12. The van der Waals surface area contributed by atoms with E-state index < -0.39 is 0 Å². The number of rotatable bonds is 2. The minimum absolute atomic E-state index is 0.727. The molecule has 104 valence electrons. The molecule has 1 N–H and O–H groups in total. The van der Waals surface area contributed by atoms with Crippen molar-refractivity contribution in [3.05, 3.63) is 41.6 Å². The van der Waals surface area contributed by atoms with Crippen molar-refractivity contribution in [3.63, 3.8) is 0 Å². The number of H-pyrrole nitrogens is 1. The summed E-state index contributed by atoms with van der Waals surface area (Å²) in [6, 6.07) is 9.22. The van der Waals surface area contributed by atoms with Crippen LogP contribution in [0.2, 0.25) is 0 Å². The van der Waals surface area contributed by atoms with Crippen LogP contribution in [0.25, 0.3) is 0 Å². The molecule has 1 aromatic heterocycles. The van der Waals surface area contributed by atoms with Gasteiger partial charge in [0.2, 0.25) is 0 Å². The van der Waals surface area contributed by atoms with Crippen molar-refractivity contribution in [3.8, 4) is 0 Å². The van der Waals surface area contributed by atoms with Gasteiger partial charge >= 0.3 is 0 Å². The first-order valence-corrected chi connectivity index (χ1v) is 8.39. The molecule has 3 heterocycles. The van der Waals surface area contributed by atoms with Gasteiger partial charge in [0.15, 0.2) is 0 Å². The minimum atomic E-state index is 0.727. The predicted octanol–water partition coefficient (Wildman–Crippen LogP) is 3.44. The Morgan fingerprint density at radius 1 is 1.20 bits per heavy atom. The van der Waals surface area contributed by atoms with E-state index in [-0.39, 0.29) is 0 Å². The lowest BCUT2D eigenvalue weighted by Crippen LogP contribution is -2.33. The fraction of sp³-hybridized carbons (Fsp3) is 0.438. The molecule has 2 aliphatic rings. The molecule has 0 radical (unpaired) electrons. The number of thioether (sulfide) groups is 1. The first-order chi connectivity index (χ1) is 9.90. The lowest BCUT2D eigenvalue weighted by atomic mass is 9.88. The highest BCUT2D eigenvalue weighted by molar-refractivity contribution is 7.99. The number of anilines is 1. The van der Waals surface area contributed by atoms with E-state index in [4.69, 9.17) is 0 Å². The second-order valence-electron chi connectivity index (χ2n) is 5.67. The number of aryl methyl sites for hydroxylation is 1. The number of fused-ring (bicyclic) bond motifs is 1. The van der Waals surface area contributed by atoms with Crippen molar-refractivity contribution in [1.29, 1.82) is 0 Å². The summed E-state index contributed by atoms with van der Waals surface area (Å²) in [5, 5.41) is 7.11. The quantitative estimate of drug-likeness (QED) is 0.917. The van der Waals surface area contributed by atoms with E-state index in [1.807, 2.05) is 18.0 Å². The molecular formula is C16H19N3S. The molecule has 0 bridgehead atoms. The van der Waals surface area contributed by atoms with Gasteiger partial charge in [-0.1, -0.05) is 12.1 Å². The molecule has 0 saturated carbocycles. The third kappa shape index (κ3) is 2.22. The molecule has 4 rings (SSSR count). The molecule has 1 fully saturated rings. The van der Waals surface area contributed by atoms with Gasteiger partial charge < -0.3 is 4.90 Å². The number of aromatic nitrogens is 2. The van der Waals surface area contributed by atoms with E-state index >= 15 is 0 Å². The highest BCUT2D eigenvalue weighted by atomic mass is 32.2. The number of aromatic amines is 1. The summed E-state index contributed by atoms with van der Waals surface area (Å²) in [6.45, 7) is 2.25. The topological polar surface area (TPSA) is 31.9 Å². The molecular weight excluding hydrogens is 266 g/mol. The number of benzene rings is 1. The molecule has 0 atom stereocenters. The van der Waals surface area contributed by atoms with E-state index in [1.54, 1.807) is 11.1 Å². The third-order valence-corrected chi connectivity index (χ3v) is 5.62. The van der Waals surface area contributed by atoms with E-state index in [9.17, 15) is 0 Å². The van der Waals surface area contributed by atoms with Gasteiger partial charge in [-0.3, -0.25) is 5.10 Å². The summed E-state index contributed by atoms with van der Waals surface area (Å²) >= 11 is 2.00. The Kier molecular flexibility index (Phi) is 3.19. The maximum Gasteiger partial charge on any atom is 0.123 e. The van der Waals surface area contributed by atoms with Crippen LogP contribution in [0.4, 0.5) is 5.82 Å². The van der Waals surface area contributed by atoms with Crippen LogP contribution in [0.15, 0.2) is 35.4 Å². The fourth-order valence-electron chi connectivity index (χ4n) is 3.34. The number of nitrogens with zero attached hydrogens (tertiary/aromatic N) is 2. The molecule has 1 aromatic carbocycles. The summed E-state index contributed by atoms with van der Waals surface area (Å²) < 4.78 is 0. The molecule has 0 unspecified atom stereocenters. The zero-order valence-electron chi connectivity index (χ0n) is 11.5.